The lowest BCUT2D eigenvalue weighted by molar-refractivity contribution is -0.384. The van der Waals surface area contributed by atoms with Gasteiger partial charge in [0.05, 0.1) is 4.92 Å². The fourth-order valence-corrected chi connectivity index (χ4v) is 8.50. The van der Waals surface area contributed by atoms with Crippen molar-refractivity contribution < 1.29 is 28.1 Å². The molecule has 3 heterocycles. The number of carbonyl (C=O) groups excluding carboxylic acids is 2. The maximum atomic E-state index is 13.2. The number of benzene rings is 3. The lowest BCUT2D eigenvalue weighted by atomic mass is 9.74. The summed E-state index contributed by atoms with van der Waals surface area (Å²) in [4.78, 5) is 44.3. The number of anilines is 1. The highest BCUT2D eigenvalue weighted by atomic mass is 28.3. The van der Waals surface area contributed by atoms with Crippen LogP contribution >= 0.6 is 0 Å². The van der Waals surface area contributed by atoms with E-state index in [0.717, 1.165) is 0 Å². The number of ether oxygens (including phenoxy) is 1. The third-order valence-electron chi connectivity index (χ3n) is 8.90. The topological polar surface area (TPSA) is 140 Å². The van der Waals surface area contributed by atoms with Crippen LogP contribution < -0.4 is 20.6 Å². The fraction of sp³-hybridized carbons (Fsp3) is 0.343. The number of rotatable bonds is 10. The lowest BCUT2D eigenvalue weighted by Gasteiger charge is -2.53. The summed E-state index contributed by atoms with van der Waals surface area (Å²) in [7, 11) is -2.08. The minimum Gasteiger partial charge on any atom is -0.445 e. The van der Waals surface area contributed by atoms with Gasteiger partial charge in [0.2, 0.25) is 9.04 Å². The second kappa shape index (κ2) is 14.0. The molecule has 1 N–H and O–H groups in total. The van der Waals surface area contributed by atoms with E-state index in [2.05, 4.69) is 55.3 Å². The van der Waals surface area contributed by atoms with Crippen LogP contribution in [0, 0.1) is 21.4 Å². The summed E-state index contributed by atoms with van der Waals surface area (Å²) in [6, 6.07) is 26.5. The Morgan fingerprint density at radius 3 is 2.25 bits per heavy atom. The molecule has 2 unspecified atom stereocenters. The normalized spacial score (nSPS) is 19.2. The molecule has 3 atom stereocenters. The second-order valence-electron chi connectivity index (χ2n) is 13.3. The van der Waals surface area contributed by atoms with Crippen molar-refractivity contribution >= 4 is 43.1 Å². The number of nitrogens with zero attached hydrogens (tertiary/aromatic N) is 4. The van der Waals surface area contributed by atoms with Crippen LogP contribution in [0.25, 0.3) is 0 Å². The maximum Gasteiger partial charge on any atom is 0.410 e. The molecular formula is C35H39N5O7Si. The molecule has 250 valence electrons. The zero-order valence-electron chi connectivity index (χ0n) is 27.2. The van der Waals surface area contributed by atoms with Gasteiger partial charge in [0.1, 0.15) is 19.1 Å². The number of oxazole rings is 1. The molecular weight excluding hydrogens is 630 g/mol. The summed E-state index contributed by atoms with van der Waals surface area (Å²) in [5.41, 5.74) is 0.733. The van der Waals surface area contributed by atoms with E-state index >= 15 is 0 Å². The highest BCUT2D eigenvalue weighted by Gasteiger charge is 2.49. The first-order chi connectivity index (χ1) is 23.1. The number of non-ortho nitro benzene ring substituents is 1. The van der Waals surface area contributed by atoms with Crippen molar-refractivity contribution in [2.75, 3.05) is 24.5 Å². The third kappa shape index (κ3) is 7.42. The van der Waals surface area contributed by atoms with Crippen molar-refractivity contribution in [3.8, 4) is 0 Å². The Hall–Kier alpha value is -5.01. The smallest absolute Gasteiger partial charge is 0.410 e. The molecule has 1 aromatic heterocycles. The van der Waals surface area contributed by atoms with Crippen LogP contribution in [0.5, 0.6) is 0 Å². The zero-order chi connectivity index (χ0) is 33.8. The number of amides is 2. The number of aromatic nitrogens is 1. The molecule has 0 bridgehead atoms. The molecule has 6 rings (SSSR count). The van der Waals surface area contributed by atoms with Crippen LogP contribution in [0.2, 0.25) is 0 Å². The molecule has 0 saturated carbocycles. The maximum absolute atomic E-state index is 13.2. The van der Waals surface area contributed by atoms with Gasteiger partial charge in [-0.15, -0.1) is 0 Å². The largest absolute Gasteiger partial charge is 0.445 e. The molecule has 2 aliphatic heterocycles. The molecule has 0 spiro atoms. The van der Waals surface area contributed by atoms with Crippen LogP contribution in [0.4, 0.5) is 16.5 Å². The average Bonchev–Trinajstić information content (AvgIpc) is 3.74. The summed E-state index contributed by atoms with van der Waals surface area (Å²) in [6.07, 6.45) is 1.13. The van der Waals surface area contributed by atoms with E-state index in [0.29, 0.717) is 31.1 Å². The third-order valence-corrected chi connectivity index (χ3v) is 11.4. The summed E-state index contributed by atoms with van der Waals surface area (Å²) in [5.74, 6) is -0.170. The zero-order valence-corrected chi connectivity index (χ0v) is 28.3. The number of hydrogen-bond donors (Lipinski definition) is 1. The minimum absolute atomic E-state index is 0.0106. The van der Waals surface area contributed by atoms with Gasteiger partial charge in [-0.3, -0.25) is 14.9 Å². The van der Waals surface area contributed by atoms with Crippen LogP contribution in [0.3, 0.4) is 0 Å². The number of carbonyl (C=O) groups is 2. The molecule has 13 heteroatoms. The Balaban J connectivity index is 1.07. The summed E-state index contributed by atoms with van der Waals surface area (Å²) in [6.45, 7) is 8.00. The van der Waals surface area contributed by atoms with Gasteiger partial charge in [-0.2, -0.15) is 4.98 Å². The molecule has 3 aromatic carbocycles. The molecule has 2 saturated heterocycles. The Morgan fingerprint density at radius 1 is 1.00 bits per heavy atom. The van der Waals surface area contributed by atoms with E-state index < -0.39 is 20.1 Å². The number of likely N-dealkylation sites (tertiary alicyclic amines) is 1. The van der Waals surface area contributed by atoms with E-state index in [9.17, 15) is 19.7 Å². The molecule has 2 amide bonds. The number of nitro benzene ring substituents is 1. The highest BCUT2D eigenvalue weighted by molar-refractivity contribution is 6.80. The molecule has 48 heavy (non-hydrogen) atoms. The number of nitro groups is 1. The summed E-state index contributed by atoms with van der Waals surface area (Å²) in [5, 5.41) is 16.2. The van der Waals surface area contributed by atoms with E-state index in [4.69, 9.17) is 13.6 Å². The molecule has 4 aromatic rings. The molecule has 0 radical (unpaired) electrons. The SMILES string of the molecule is CC(C)(C)C1CN(c2nc(C(=O)N[C@@H]3CCN(C(=O)OCc4ccc([N+](=O)[O-])cc4)C3)co2)C1O[SiH](c1ccccc1)c1ccccc1. The number of nitrogens with one attached hydrogen (secondary N) is 1. The Morgan fingerprint density at radius 2 is 1.65 bits per heavy atom. The van der Waals surface area contributed by atoms with Crippen molar-refractivity contribution in [3.63, 3.8) is 0 Å². The van der Waals surface area contributed by atoms with Crippen LogP contribution in [-0.4, -0.2) is 67.8 Å². The van der Waals surface area contributed by atoms with Crippen molar-refractivity contribution in [2.45, 2.75) is 46.1 Å². The van der Waals surface area contributed by atoms with Crippen molar-refractivity contribution in [2.24, 2.45) is 11.3 Å². The van der Waals surface area contributed by atoms with Crippen molar-refractivity contribution in [1.29, 1.82) is 0 Å². The standard InChI is InChI=1S/C35H39N5O7Si/c1-35(2,3)29-21-39(32(29)47-48(27-10-6-4-7-11-27)28-12-8-5-9-13-28)33-37-30(23-45-33)31(41)36-25-18-19-38(20-25)34(42)46-22-24-14-16-26(17-15-24)40(43)44/h4-17,23,25,29,32,48H,18-22H2,1-3H3,(H,36,41)/t25-,29?,32?/m1/s1. The van der Waals surface area contributed by atoms with Gasteiger partial charge >= 0.3 is 6.09 Å². The van der Waals surface area contributed by atoms with Gasteiger partial charge in [-0.25, -0.2) is 4.79 Å². The first-order valence-corrected chi connectivity index (χ1v) is 17.6. The molecule has 2 aliphatic rings. The van der Waals surface area contributed by atoms with Gasteiger partial charge in [0.25, 0.3) is 17.6 Å². The minimum atomic E-state index is -2.08. The second-order valence-corrected chi connectivity index (χ2v) is 15.6. The molecule has 2 fully saturated rings. The van der Waals surface area contributed by atoms with Crippen LogP contribution in [0.1, 0.15) is 43.2 Å². The highest BCUT2D eigenvalue weighted by Crippen LogP contribution is 2.42. The van der Waals surface area contributed by atoms with E-state index in [1.54, 1.807) is 12.1 Å². The van der Waals surface area contributed by atoms with Crippen LogP contribution in [-0.2, 0) is 15.8 Å². The first kappa shape index (κ1) is 32.9. The molecule has 0 aliphatic carbocycles. The summed E-state index contributed by atoms with van der Waals surface area (Å²) < 4.78 is 18.3. The van der Waals surface area contributed by atoms with E-state index in [1.165, 1.54) is 33.7 Å². The van der Waals surface area contributed by atoms with Crippen molar-refractivity contribution in [3.05, 3.63) is 113 Å². The van der Waals surface area contributed by atoms with Crippen molar-refractivity contribution in [1.82, 2.24) is 15.2 Å². The lowest BCUT2D eigenvalue weighted by Crippen LogP contribution is -2.65. The number of hydrogen-bond acceptors (Lipinski definition) is 9. The van der Waals surface area contributed by atoms with Gasteiger partial charge in [0.15, 0.2) is 5.69 Å². The van der Waals surface area contributed by atoms with Gasteiger partial charge in [0, 0.05) is 43.7 Å². The fourth-order valence-electron chi connectivity index (χ4n) is 6.04. The Labute approximate surface area is 280 Å². The Kier molecular flexibility index (Phi) is 9.60. The van der Waals surface area contributed by atoms with E-state index in [1.807, 2.05) is 41.3 Å². The average molecular weight is 670 g/mol. The van der Waals surface area contributed by atoms with E-state index in [-0.39, 0.29) is 54.0 Å². The van der Waals surface area contributed by atoms with Crippen LogP contribution in [0.15, 0.2) is 95.6 Å². The predicted molar refractivity (Wildman–Crippen MR) is 182 cm³/mol. The van der Waals surface area contributed by atoms with Gasteiger partial charge in [-0.1, -0.05) is 81.4 Å². The van der Waals surface area contributed by atoms with Gasteiger partial charge < -0.3 is 28.7 Å². The predicted octanol–water partition coefficient (Wildman–Crippen LogP) is 4.09. The van der Waals surface area contributed by atoms with Gasteiger partial charge in [-0.05, 0) is 39.9 Å². The monoisotopic (exact) mass is 669 g/mol. The summed E-state index contributed by atoms with van der Waals surface area (Å²) >= 11 is 0. The quantitative estimate of drug-likeness (QED) is 0.150. The molecule has 12 nitrogen and oxygen atoms in total. The Bertz CT molecular complexity index is 1690. The first-order valence-electron chi connectivity index (χ1n) is 16.0.